The number of rotatable bonds is 4. The summed E-state index contributed by atoms with van der Waals surface area (Å²) in [6.07, 6.45) is 0.651. The largest absolute Gasteiger partial charge is 0.490 e. The molecule has 0 fully saturated rings. The van der Waals surface area contributed by atoms with Gasteiger partial charge in [-0.2, -0.15) is 0 Å². The molecule has 1 nitrogen and oxygen atoms in total. The van der Waals surface area contributed by atoms with E-state index in [1.807, 2.05) is 44.2 Å². The van der Waals surface area contributed by atoms with Crippen LogP contribution in [0.3, 0.4) is 0 Å². The van der Waals surface area contributed by atoms with Gasteiger partial charge in [0.2, 0.25) is 0 Å². The Labute approximate surface area is 75.8 Å². The second kappa shape index (κ2) is 4.81. The summed E-state index contributed by atoms with van der Waals surface area (Å²) in [6, 6.07) is 9.54. The first kappa shape index (κ1) is 7.66. The molecular weight excluding hydrogens is 148 g/mol. The minimum absolute atomic E-state index is 0.707. The van der Waals surface area contributed by atoms with E-state index in [9.17, 15) is 0 Å². The molecule has 1 rings (SSSR count). The normalized spacial score (nSPS) is 12.3. The van der Waals surface area contributed by atoms with Gasteiger partial charge in [0.1, 0.15) is 5.75 Å². The smallest absolute Gasteiger partial charge is 0.119 e. The Morgan fingerprint density at radius 3 is 2.33 bits per heavy atom. The van der Waals surface area contributed by atoms with Crippen LogP contribution in [0.25, 0.3) is 0 Å². The fraction of sp³-hybridized carbons (Fsp3) is 0.455. The lowest BCUT2D eigenvalue weighted by molar-refractivity contribution is 0.193. The van der Waals surface area contributed by atoms with E-state index in [2.05, 4.69) is 0 Å². The zero-order chi connectivity index (χ0) is 9.73. The molecule has 0 heterocycles. The number of hydrogen-bond donors (Lipinski definition) is 0. The van der Waals surface area contributed by atoms with Crippen LogP contribution in [0, 0.1) is 0 Å². The van der Waals surface area contributed by atoms with Gasteiger partial charge < -0.3 is 4.74 Å². The van der Waals surface area contributed by atoms with Crippen LogP contribution in [-0.2, 0) is 0 Å². The molecule has 0 spiro atoms. The third-order valence-corrected chi connectivity index (χ3v) is 1.79. The zero-order valence-corrected chi connectivity index (χ0v) is 7.71. The van der Waals surface area contributed by atoms with Crippen LogP contribution >= 0.6 is 0 Å². The van der Waals surface area contributed by atoms with Crippen molar-refractivity contribution in [3.63, 3.8) is 0 Å². The van der Waals surface area contributed by atoms with Crippen molar-refractivity contribution in [1.82, 2.24) is 0 Å². The van der Waals surface area contributed by atoms with E-state index in [0.717, 1.165) is 5.75 Å². The van der Waals surface area contributed by atoms with Crippen molar-refractivity contribution in [3.05, 3.63) is 30.3 Å². The van der Waals surface area contributed by atoms with Gasteiger partial charge in [-0.05, 0) is 25.0 Å². The molecule has 0 saturated carbocycles. The van der Waals surface area contributed by atoms with Crippen molar-refractivity contribution < 1.29 is 6.11 Å². The van der Waals surface area contributed by atoms with Gasteiger partial charge in [-0.1, -0.05) is 32.0 Å². The molecule has 0 aliphatic rings. The molecule has 66 valence electrons. The van der Waals surface area contributed by atoms with Gasteiger partial charge in [-0.3, -0.25) is 0 Å². The molecule has 1 aromatic carbocycles. The lowest BCUT2D eigenvalue weighted by atomic mass is 10.2. The van der Waals surface area contributed by atoms with E-state index >= 15 is 0 Å². The van der Waals surface area contributed by atoms with E-state index in [-0.39, 0.29) is 0 Å². The lowest BCUT2D eigenvalue weighted by Crippen LogP contribution is -2.13. The third kappa shape index (κ3) is 2.57. The van der Waals surface area contributed by atoms with Crippen molar-refractivity contribution in [3.8, 4) is 5.75 Å². The predicted molar refractivity (Wildman–Crippen MR) is 51.4 cm³/mol. The van der Waals surface area contributed by atoms with Crippen LogP contribution in [0.4, 0.5) is 0 Å². The Balaban J connectivity index is 2.68. The SMILES string of the molecule is [2H]C(CC)(CC)Oc1ccccc1. The van der Waals surface area contributed by atoms with Gasteiger partial charge in [0.25, 0.3) is 0 Å². The molecule has 0 amide bonds. The summed E-state index contributed by atoms with van der Waals surface area (Å²) < 4.78 is 13.5. The molecule has 0 N–H and O–H groups in total. The van der Waals surface area contributed by atoms with Crippen LogP contribution in [0.5, 0.6) is 5.75 Å². The Hall–Kier alpha value is -0.980. The molecule has 0 unspecified atom stereocenters. The first-order chi connectivity index (χ1) is 6.20. The maximum absolute atomic E-state index is 7.93. The minimum atomic E-state index is -0.763. The molecule has 12 heavy (non-hydrogen) atoms. The first-order valence-corrected chi connectivity index (χ1v) is 4.44. The fourth-order valence-corrected chi connectivity index (χ4v) is 1.05. The zero-order valence-electron chi connectivity index (χ0n) is 8.71. The summed E-state index contributed by atoms with van der Waals surface area (Å²) in [5.74, 6) is 0.779. The van der Waals surface area contributed by atoms with Crippen molar-refractivity contribution in [2.75, 3.05) is 0 Å². The summed E-state index contributed by atoms with van der Waals surface area (Å²) in [5.41, 5.74) is 0. The maximum Gasteiger partial charge on any atom is 0.119 e. The number of benzene rings is 1. The average molecular weight is 165 g/mol. The van der Waals surface area contributed by atoms with Gasteiger partial charge in [0.15, 0.2) is 0 Å². The Bertz CT molecular complexity index is 242. The highest BCUT2D eigenvalue weighted by Gasteiger charge is 2.03. The van der Waals surface area contributed by atoms with E-state index in [4.69, 9.17) is 6.11 Å². The monoisotopic (exact) mass is 165 g/mol. The maximum atomic E-state index is 7.93. The highest BCUT2D eigenvalue weighted by atomic mass is 16.5. The van der Waals surface area contributed by atoms with E-state index < -0.39 is 6.08 Å². The second-order valence-corrected chi connectivity index (χ2v) is 2.66. The minimum Gasteiger partial charge on any atom is -0.490 e. The van der Waals surface area contributed by atoms with Crippen molar-refractivity contribution in [1.29, 1.82) is 0 Å². The number of hydrogen-bond acceptors (Lipinski definition) is 1. The van der Waals surface area contributed by atoms with E-state index in [0.29, 0.717) is 12.8 Å². The molecular formula is C11H16O. The fourth-order valence-electron chi connectivity index (χ4n) is 1.05. The molecule has 0 atom stereocenters. The third-order valence-electron chi connectivity index (χ3n) is 1.79. The lowest BCUT2D eigenvalue weighted by Gasteiger charge is -2.14. The molecule has 1 aromatic rings. The highest BCUT2D eigenvalue weighted by molar-refractivity contribution is 5.21. The average Bonchev–Trinajstić information content (AvgIpc) is 2.19. The molecule has 0 aliphatic heterocycles. The van der Waals surface area contributed by atoms with Gasteiger partial charge in [-0.15, -0.1) is 0 Å². The van der Waals surface area contributed by atoms with Crippen LogP contribution < -0.4 is 4.74 Å². The Kier molecular flexibility index (Phi) is 3.07. The summed E-state index contributed by atoms with van der Waals surface area (Å²) in [7, 11) is 0. The summed E-state index contributed by atoms with van der Waals surface area (Å²) in [6.45, 7) is 3.94. The van der Waals surface area contributed by atoms with Gasteiger partial charge in [0, 0.05) is 0 Å². The number of ether oxygens (including phenoxy) is 1. The second-order valence-electron chi connectivity index (χ2n) is 2.66. The van der Waals surface area contributed by atoms with Crippen LogP contribution in [-0.4, -0.2) is 6.08 Å². The molecule has 0 aromatic heterocycles. The molecule has 1 heteroatoms. The van der Waals surface area contributed by atoms with Gasteiger partial charge >= 0.3 is 0 Å². The van der Waals surface area contributed by atoms with Crippen LogP contribution in [0.15, 0.2) is 30.3 Å². The summed E-state index contributed by atoms with van der Waals surface area (Å²) in [5, 5.41) is 0. The van der Waals surface area contributed by atoms with Crippen LogP contribution in [0.2, 0.25) is 0 Å². The van der Waals surface area contributed by atoms with Crippen molar-refractivity contribution in [2.45, 2.75) is 32.8 Å². The molecule has 0 bridgehead atoms. The van der Waals surface area contributed by atoms with Gasteiger partial charge in [-0.25, -0.2) is 0 Å². The highest BCUT2D eigenvalue weighted by Crippen LogP contribution is 2.13. The summed E-state index contributed by atoms with van der Waals surface area (Å²) >= 11 is 0. The van der Waals surface area contributed by atoms with Crippen LogP contribution in [0.1, 0.15) is 28.1 Å². The quantitative estimate of drug-likeness (QED) is 0.665. The molecule has 0 saturated heterocycles. The topological polar surface area (TPSA) is 9.23 Å². The molecule has 0 radical (unpaired) electrons. The van der Waals surface area contributed by atoms with Crippen molar-refractivity contribution in [2.24, 2.45) is 0 Å². The van der Waals surface area contributed by atoms with E-state index in [1.165, 1.54) is 0 Å². The van der Waals surface area contributed by atoms with Gasteiger partial charge in [0.05, 0.1) is 7.45 Å². The predicted octanol–water partition coefficient (Wildman–Crippen LogP) is 3.25. The Morgan fingerprint density at radius 2 is 1.83 bits per heavy atom. The van der Waals surface area contributed by atoms with Crippen molar-refractivity contribution >= 4 is 0 Å². The van der Waals surface area contributed by atoms with E-state index in [1.54, 1.807) is 0 Å². The first-order valence-electron chi connectivity index (χ1n) is 4.94. The standard InChI is InChI=1S/C11H16O/c1-3-10(4-2)12-11-8-6-5-7-9-11/h5-10H,3-4H2,1-2H3/i10D. The Morgan fingerprint density at radius 1 is 1.25 bits per heavy atom. The molecule has 0 aliphatic carbocycles. The summed E-state index contributed by atoms with van der Waals surface area (Å²) in [4.78, 5) is 0. The number of para-hydroxylation sites is 1.